The number of nitrogens with zero attached hydrogens (tertiary/aromatic N) is 1. The minimum Gasteiger partial charge on any atom is -0.496 e. The fourth-order valence-electron chi connectivity index (χ4n) is 2.89. The summed E-state index contributed by atoms with van der Waals surface area (Å²) < 4.78 is 5.37. The molecule has 0 aliphatic carbocycles. The molecule has 2 aromatic rings. The second kappa shape index (κ2) is 9.04. The Kier molecular flexibility index (Phi) is 6.78. The van der Waals surface area contributed by atoms with Crippen molar-refractivity contribution < 1.29 is 19.4 Å². The molecule has 0 spiro atoms. The molecule has 0 aromatic heterocycles. The Labute approximate surface area is 154 Å². The van der Waals surface area contributed by atoms with Crippen LogP contribution in [0.15, 0.2) is 48.5 Å². The highest BCUT2D eigenvalue weighted by Crippen LogP contribution is 2.22. The van der Waals surface area contributed by atoms with Gasteiger partial charge in [0.2, 0.25) is 5.91 Å². The molecular formula is C21H25NO4. The third kappa shape index (κ3) is 5.34. The van der Waals surface area contributed by atoms with Crippen molar-refractivity contribution in [2.75, 3.05) is 14.2 Å². The van der Waals surface area contributed by atoms with Crippen LogP contribution in [0.2, 0.25) is 0 Å². The van der Waals surface area contributed by atoms with Gasteiger partial charge in [-0.15, -0.1) is 0 Å². The summed E-state index contributed by atoms with van der Waals surface area (Å²) in [5, 5.41) is 8.93. The lowest BCUT2D eigenvalue weighted by molar-refractivity contribution is -0.131. The molecule has 2 aromatic carbocycles. The Balaban J connectivity index is 1.90. The summed E-state index contributed by atoms with van der Waals surface area (Å²) in [6.45, 7) is 2.51. The summed E-state index contributed by atoms with van der Waals surface area (Å²) in [5.41, 5.74) is 2.25. The van der Waals surface area contributed by atoms with Gasteiger partial charge in [-0.25, -0.2) is 4.79 Å². The first kappa shape index (κ1) is 19.5. The van der Waals surface area contributed by atoms with Crippen molar-refractivity contribution in [1.29, 1.82) is 0 Å². The lowest BCUT2D eigenvalue weighted by atomic mass is 9.97. The molecular weight excluding hydrogens is 330 g/mol. The number of hydrogen-bond acceptors (Lipinski definition) is 3. The topological polar surface area (TPSA) is 66.8 Å². The minimum atomic E-state index is -0.953. The molecule has 26 heavy (non-hydrogen) atoms. The third-order valence-corrected chi connectivity index (χ3v) is 4.33. The van der Waals surface area contributed by atoms with Gasteiger partial charge in [0.25, 0.3) is 0 Å². The van der Waals surface area contributed by atoms with E-state index in [1.165, 1.54) is 0 Å². The van der Waals surface area contributed by atoms with Crippen molar-refractivity contribution in [1.82, 2.24) is 4.90 Å². The first-order valence-corrected chi connectivity index (χ1v) is 8.58. The van der Waals surface area contributed by atoms with Crippen LogP contribution >= 0.6 is 0 Å². The molecule has 1 amide bonds. The van der Waals surface area contributed by atoms with Crippen LogP contribution in [-0.4, -0.2) is 36.0 Å². The predicted molar refractivity (Wildman–Crippen MR) is 100 cm³/mol. The Morgan fingerprint density at radius 2 is 1.77 bits per heavy atom. The van der Waals surface area contributed by atoms with Gasteiger partial charge in [-0.05, 0) is 41.7 Å². The predicted octanol–water partition coefficient (Wildman–Crippen LogP) is 3.62. The average molecular weight is 355 g/mol. The van der Waals surface area contributed by atoms with E-state index in [9.17, 15) is 9.59 Å². The molecule has 2 rings (SSSR count). The van der Waals surface area contributed by atoms with Gasteiger partial charge in [0.05, 0.1) is 12.7 Å². The maximum Gasteiger partial charge on any atom is 0.335 e. The highest BCUT2D eigenvalue weighted by Gasteiger charge is 2.16. The Hall–Kier alpha value is -2.82. The zero-order chi connectivity index (χ0) is 19.1. The number of aromatic carboxylic acids is 1. The second-order valence-corrected chi connectivity index (χ2v) is 6.58. The highest BCUT2D eigenvalue weighted by atomic mass is 16.5. The van der Waals surface area contributed by atoms with Crippen molar-refractivity contribution in [3.8, 4) is 5.75 Å². The number of amides is 1. The summed E-state index contributed by atoms with van der Waals surface area (Å²) in [5.74, 6) is 0.148. The van der Waals surface area contributed by atoms with Crippen LogP contribution in [0.1, 0.15) is 34.8 Å². The van der Waals surface area contributed by atoms with Crippen LogP contribution in [0.5, 0.6) is 5.75 Å². The molecule has 0 bridgehead atoms. The first-order valence-electron chi connectivity index (χ1n) is 8.58. The number of methoxy groups -OCH3 is 1. The second-order valence-electron chi connectivity index (χ2n) is 6.58. The van der Waals surface area contributed by atoms with Gasteiger partial charge >= 0.3 is 5.97 Å². The van der Waals surface area contributed by atoms with E-state index >= 15 is 0 Å². The summed E-state index contributed by atoms with van der Waals surface area (Å²) in [6, 6.07) is 14.4. The van der Waals surface area contributed by atoms with Gasteiger partial charge in [-0.1, -0.05) is 37.3 Å². The first-order chi connectivity index (χ1) is 12.4. The minimum absolute atomic E-state index is 0.0645. The zero-order valence-corrected chi connectivity index (χ0v) is 15.4. The van der Waals surface area contributed by atoms with E-state index in [1.807, 2.05) is 24.3 Å². The van der Waals surface area contributed by atoms with E-state index in [0.717, 1.165) is 23.3 Å². The summed E-state index contributed by atoms with van der Waals surface area (Å²) in [6.07, 6.45) is 1.22. The molecule has 0 aliphatic heterocycles. The van der Waals surface area contributed by atoms with Gasteiger partial charge in [-0.2, -0.15) is 0 Å². The zero-order valence-electron chi connectivity index (χ0n) is 15.4. The summed E-state index contributed by atoms with van der Waals surface area (Å²) in [4.78, 5) is 25.0. The van der Waals surface area contributed by atoms with Crippen LogP contribution in [-0.2, 0) is 17.8 Å². The summed E-state index contributed by atoms with van der Waals surface area (Å²) in [7, 11) is 3.42. The number of para-hydroxylation sites is 1. The monoisotopic (exact) mass is 355 g/mol. The van der Waals surface area contributed by atoms with E-state index in [0.29, 0.717) is 13.0 Å². The summed E-state index contributed by atoms with van der Waals surface area (Å²) >= 11 is 0. The lowest BCUT2D eigenvalue weighted by Crippen LogP contribution is -2.28. The van der Waals surface area contributed by atoms with Gasteiger partial charge in [0.1, 0.15) is 5.75 Å². The van der Waals surface area contributed by atoms with Gasteiger partial charge in [-0.3, -0.25) is 4.79 Å². The molecule has 1 unspecified atom stereocenters. The number of carbonyl (C=O) groups excluding carboxylic acids is 1. The molecule has 0 saturated heterocycles. The SMILES string of the molecule is COc1ccccc1CC(C)CC(=O)N(C)Cc1ccc(C(=O)O)cc1. The van der Waals surface area contributed by atoms with Gasteiger partial charge < -0.3 is 14.7 Å². The number of ether oxygens (including phenoxy) is 1. The van der Waals surface area contributed by atoms with Crippen molar-refractivity contribution in [2.24, 2.45) is 5.92 Å². The molecule has 5 nitrogen and oxygen atoms in total. The van der Waals surface area contributed by atoms with Crippen LogP contribution in [0.25, 0.3) is 0 Å². The molecule has 1 atom stereocenters. The van der Waals surface area contributed by atoms with Crippen LogP contribution in [0, 0.1) is 5.92 Å². The molecule has 138 valence electrons. The fraction of sp³-hybridized carbons (Fsp3) is 0.333. The highest BCUT2D eigenvalue weighted by molar-refractivity contribution is 5.87. The number of benzene rings is 2. The maximum atomic E-state index is 12.5. The molecule has 0 radical (unpaired) electrons. The van der Waals surface area contributed by atoms with Crippen molar-refractivity contribution in [3.63, 3.8) is 0 Å². The molecule has 0 aliphatic rings. The van der Waals surface area contributed by atoms with E-state index < -0.39 is 5.97 Å². The number of carbonyl (C=O) groups is 2. The van der Waals surface area contributed by atoms with E-state index in [-0.39, 0.29) is 17.4 Å². The molecule has 1 N–H and O–H groups in total. The Bertz CT molecular complexity index is 755. The molecule has 0 heterocycles. The van der Waals surface area contributed by atoms with E-state index in [4.69, 9.17) is 9.84 Å². The third-order valence-electron chi connectivity index (χ3n) is 4.33. The molecule has 0 fully saturated rings. The van der Waals surface area contributed by atoms with E-state index in [1.54, 1.807) is 43.3 Å². The standard InChI is InChI=1S/C21H25NO4/c1-15(12-18-6-4-5-7-19(18)26-3)13-20(23)22(2)14-16-8-10-17(11-9-16)21(24)25/h4-11,15H,12-14H2,1-3H3,(H,24,25). The van der Waals surface area contributed by atoms with Crippen LogP contribution in [0.4, 0.5) is 0 Å². The molecule has 5 heteroatoms. The fourth-order valence-corrected chi connectivity index (χ4v) is 2.89. The van der Waals surface area contributed by atoms with Gasteiger partial charge in [0, 0.05) is 20.0 Å². The quantitative estimate of drug-likeness (QED) is 0.785. The maximum absolute atomic E-state index is 12.5. The smallest absolute Gasteiger partial charge is 0.335 e. The Morgan fingerprint density at radius 1 is 1.12 bits per heavy atom. The average Bonchev–Trinajstić information content (AvgIpc) is 2.62. The van der Waals surface area contributed by atoms with Crippen LogP contribution in [0.3, 0.4) is 0 Å². The lowest BCUT2D eigenvalue weighted by Gasteiger charge is -2.20. The number of rotatable bonds is 8. The Morgan fingerprint density at radius 3 is 2.38 bits per heavy atom. The number of carboxylic acid groups (broad SMARTS) is 1. The van der Waals surface area contributed by atoms with Crippen molar-refractivity contribution in [2.45, 2.75) is 26.3 Å². The van der Waals surface area contributed by atoms with Crippen molar-refractivity contribution in [3.05, 3.63) is 65.2 Å². The molecule has 0 saturated carbocycles. The number of hydrogen-bond donors (Lipinski definition) is 1. The number of carboxylic acids is 1. The van der Waals surface area contributed by atoms with Gasteiger partial charge in [0.15, 0.2) is 0 Å². The van der Waals surface area contributed by atoms with Crippen LogP contribution < -0.4 is 4.74 Å². The largest absolute Gasteiger partial charge is 0.496 e. The normalized spacial score (nSPS) is 11.7. The van der Waals surface area contributed by atoms with Crippen molar-refractivity contribution >= 4 is 11.9 Å². The van der Waals surface area contributed by atoms with E-state index in [2.05, 4.69) is 6.92 Å².